The van der Waals surface area contributed by atoms with E-state index < -0.39 is 5.60 Å². The van der Waals surface area contributed by atoms with Gasteiger partial charge in [0.05, 0.1) is 24.2 Å². The molecule has 3 heteroatoms. The average Bonchev–Trinajstić information content (AvgIpc) is 2.80. The first-order valence-electron chi connectivity index (χ1n) is 6.77. The van der Waals surface area contributed by atoms with E-state index in [-0.39, 0.29) is 0 Å². The standard InChI is InChI=1S/C15H23NO2/c1-11-4-5-14(12-7-9-18-10-12)16-13(11)6-8-15(2,3)17/h7,9-11,13,17H,4-6,8H2,1-3H3/t11-,13+/m1/s1. The Morgan fingerprint density at radius 1 is 1.50 bits per heavy atom. The first-order chi connectivity index (χ1) is 8.46. The van der Waals surface area contributed by atoms with E-state index in [1.807, 2.05) is 19.9 Å². The van der Waals surface area contributed by atoms with Crippen LogP contribution in [0.3, 0.4) is 0 Å². The Morgan fingerprint density at radius 2 is 2.28 bits per heavy atom. The second kappa shape index (κ2) is 5.27. The lowest BCUT2D eigenvalue weighted by Gasteiger charge is -2.28. The average molecular weight is 249 g/mol. The van der Waals surface area contributed by atoms with Gasteiger partial charge in [0.15, 0.2) is 0 Å². The summed E-state index contributed by atoms with van der Waals surface area (Å²) in [5, 5.41) is 9.82. The van der Waals surface area contributed by atoms with Crippen molar-refractivity contribution in [3.05, 3.63) is 24.2 Å². The van der Waals surface area contributed by atoms with Crippen LogP contribution < -0.4 is 0 Å². The molecular formula is C15H23NO2. The van der Waals surface area contributed by atoms with Gasteiger partial charge in [-0.05, 0) is 51.5 Å². The molecule has 0 fully saturated rings. The van der Waals surface area contributed by atoms with Crippen molar-refractivity contribution in [2.24, 2.45) is 10.9 Å². The van der Waals surface area contributed by atoms with Crippen molar-refractivity contribution in [3.8, 4) is 0 Å². The maximum absolute atomic E-state index is 9.82. The van der Waals surface area contributed by atoms with Crippen LogP contribution in [0.5, 0.6) is 0 Å². The molecule has 3 nitrogen and oxygen atoms in total. The van der Waals surface area contributed by atoms with E-state index in [0.29, 0.717) is 12.0 Å². The molecule has 0 saturated heterocycles. The SMILES string of the molecule is C[C@@H]1CCC(c2ccoc2)=N[C@H]1CCC(C)(C)O. The van der Waals surface area contributed by atoms with Gasteiger partial charge in [-0.2, -0.15) is 0 Å². The molecular weight excluding hydrogens is 226 g/mol. The lowest BCUT2D eigenvalue weighted by Crippen LogP contribution is -2.28. The second-order valence-corrected chi connectivity index (χ2v) is 6.02. The summed E-state index contributed by atoms with van der Waals surface area (Å²) in [6.07, 6.45) is 7.40. The van der Waals surface area contributed by atoms with E-state index in [4.69, 9.17) is 9.41 Å². The van der Waals surface area contributed by atoms with Crippen LogP contribution in [0.25, 0.3) is 0 Å². The Balaban J connectivity index is 2.06. The summed E-state index contributed by atoms with van der Waals surface area (Å²) in [6, 6.07) is 2.30. The van der Waals surface area contributed by atoms with Crippen molar-refractivity contribution in [1.29, 1.82) is 0 Å². The quantitative estimate of drug-likeness (QED) is 0.888. The number of hydrogen-bond acceptors (Lipinski definition) is 3. The van der Waals surface area contributed by atoms with Crippen LogP contribution >= 0.6 is 0 Å². The van der Waals surface area contributed by atoms with E-state index in [2.05, 4.69) is 6.92 Å². The van der Waals surface area contributed by atoms with Crippen LogP contribution in [0.4, 0.5) is 0 Å². The summed E-state index contributed by atoms with van der Waals surface area (Å²) < 4.78 is 5.12. The van der Waals surface area contributed by atoms with Gasteiger partial charge in [-0.25, -0.2) is 0 Å². The molecule has 1 aliphatic rings. The van der Waals surface area contributed by atoms with Gasteiger partial charge in [-0.15, -0.1) is 0 Å². The largest absolute Gasteiger partial charge is 0.472 e. The highest BCUT2D eigenvalue weighted by Crippen LogP contribution is 2.28. The summed E-state index contributed by atoms with van der Waals surface area (Å²) in [5.41, 5.74) is 1.67. The molecule has 1 N–H and O–H groups in total. The zero-order valence-electron chi connectivity index (χ0n) is 11.5. The Kier molecular flexibility index (Phi) is 3.91. The smallest absolute Gasteiger partial charge is 0.0993 e. The van der Waals surface area contributed by atoms with Crippen LogP contribution in [0.15, 0.2) is 28.0 Å². The lowest BCUT2D eigenvalue weighted by molar-refractivity contribution is 0.0647. The van der Waals surface area contributed by atoms with Gasteiger partial charge >= 0.3 is 0 Å². The van der Waals surface area contributed by atoms with Gasteiger partial charge in [-0.1, -0.05) is 6.92 Å². The molecule has 2 heterocycles. The first kappa shape index (κ1) is 13.3. The molecule has 1 aromatic heterocycles. The van der Waals surface area contributed by atoms with Crippen molar-refractivity contribution in [2.45, 2.75) is 58.1 Å². The molecule has 0 amide bonds. The van der Waals surface area contributed by atoms with Crippen molar-refractivity contribution in [2.75, 3.05) is 0 Å². The Bertz CT molecular complexity index is 401. The van der Waals surface area contributed by atoms with Gasteiger partial charge in [-0.3, -0.25) is 4.99 Å². The van der Waals surface area contributed by atoms with E-state index in [0.717, 1.165) is 30.5 Å². The molecule has 0 saturated carbocycles. The van der Waals surface area contributed by atoms with E-state index in [1.54, 1.807) is 12.5 Å². The molecule has 0 unspecified atom stereocenters. The summed E-state index contributed by atoms with van der Waals surface area (Å²) in [5.74, 6) is 0.600. The predicted molar refractivity (Wildman–Crippen MR) is 73.0 cm³/mol. The minimum Gasteiger partial charge on any atom is -0.472 e. The third kappa shape index (κ3) is 3.45. The van der Waals surface area contributed by atoms with Crippen LogP contribution in [-0.4, -0.2) is 22.5 Å². The predicted octanol–water partition coefficient (Wildman–Crippen LogP) is 3.42. The number of hydrogen-bond donors (Lipinski definition) is 1. The minimum absolute atomic E-state index is 0.329. The monoisotopic (exact) mass is 249 g/mol. The van der Waals surface area contributed by atoms with Crippen LogP contribution in [0, 0.1) is 5.92 Å². The molecule has 0 spiro atoms. The van der Waals surface area contributed by atoms with Crippen molar-refractivity contribution >= 4 is 5.71 Å². The van der Waals surface area contributed by atoms with Gasteiger partial charge < -0.3 is 9.52 Å². The molecule has 18 heavy (non-hydrogen) atoms. The highest BCUT2D eigenvalue weighted by Gasteiger charge is 2.25. The number of rotatable bonds is 4. The van der Waals surface area contributed by atoms with Crippen LogP contribution in [-0.2, 0) is 0 Å². The topological polar surface area (TPSA) is 45.7 Å². The molecule has 0 aliphatic carbocycles. The van der Waals surface area contributed by atoms with E-state index in [1.165, 1.54) is 6.42 Å². The van der Waals surface area contributed by atoms with Crippen molar-refractivity contribution in [3.63, 3.8) is 0 Å². The fourth-order valence-electron chi connectivity index (χ4n) is 2.45. The molecule has 2 atom stereocenters. The zero-order chi connectivity index (χ0) is 13.2. The lowest BCUT2D eigenvalue weighted by atomic mass is 9.86. The molecule has 0 bridgehead atoms. The maximum Gasteiger partial charge on any atom is 0.0993 e. The number of aliphatic imine (C=N–C) groups is 1. The van der Waals surface area contributed by atoms with E-state index in [9.17, 15) is 5.11 Å². The van der Waals surface area contributed by atoms with Gasteiger partial charge in [0.2, 0.25) is 0 Å². The van der Waals surface area contributed by atoms with Crippen LogP contribution in [0.2, 0.25) is 0 Å². The fourth-order valence-corrected chi connectivity index (χ4v) is 2.45. The highest BCUT2D eigenvalue weighted by atomic mass is 16.3. The molecule has 100 valence electrons. The zero-order valence-corrected chi connectivity index (χ0v) is 11.5. The number of nitrogens with zero attached hydrogens (tertiary/aromatic N) is 1. The van der Waals surface area contributed by atoms with Crippen molar-refractivity contribution in [1.82, 2.24) is 0 Å². The van der Waals surface area contributed by atoms with Gasteiger partial charge in [0.25, 0.3) is 0 Å². The minimum atomic E-state index is -0.595. The second-order valence-electron chi connectivity index (χ2n) is 6.02. The Labute approximate surface area is 109 Å². The van der Waals surface area contributed by atoms with Gasteiger partial charge in [0.1, 0.15) is 0 Å². The molecule has 1 aromatic rings. The summed E-state index contributed by atoms with van der Waals surface area (Å²) in [6.45, 7) is 5.98. The molecule has 1 aliphatic heterocycles. The molecule has 0 radical (unpaired) electrons. The first-order valence-corrected chi connectivity index (χ1v) is 6.77. The third-order valence-electron chi connectivity index (χ3n) is 3.72. The van der Waals surface area contributed by atoms with Gasteiger partial charge in [0, 0.05) is 11.3 Å². The fraction of sp³-hybridized carbons (Fsp3) is 0.667. The Morgan fingerprint density at radius 3 is 2.89 bits per heavy atom. The normalized spacial score (nSPS) is 25.0. The highest BCUT2D eigenvalue weighted by molar-refractivity contribution is 6.00. The summed E-state index contributed by atoms with van der Waals surface area (Å²) in [4.78, 5) is 4.85. The third-order valence-corrected chi connectivity index (χ3v) is 3.72. The van der Waals surface area contributed by atoms with Crippen molar-refractivity contribution < 1.29 is 9.52 Å². The van der Waals surface area contributed by atoms with Crippen LogP contribution in [0.1, 0.15) is 52.0 Å². The van der Waals surface area contributed by atoms with E-state index >= 15 is 0 Å². The Hall–Kier alpha value is -1.09. The molecule has 2 rings (SSSR count). The summed E-state index contributed by atoms with van der Waals surface area (Å²) in [7, 11) is 0. The summed E-state index contributed by atoms with van der Waals surface area (Å²) >= 11 is 0. The maximum atomic E-state index is 9.82. The number of aliphatic hydroxyl groups is 1. The number of furan rings is 1. The molecule has 0 aromatic carbocycles.